The van der Waals surface area contributed by atoms with E-state index >= 15 is 0 Å². The normalized spacial score (nSPS) is 16.9. The first kappa shape index (κ1) is 24.2. The molecule has 1 rings (SSSR count). The topological polar surface area (TPSA) is 111 Å². The van der Waals surface area contributed by atoms with Crippen LogP contribution in [0.3, 0.4) is 0 Å². The molecule has 27 heavy (non-hydrogen) atoms. The van der Waals surface area contributed by atoms with E-state index in [0.717, 1.165) is 70.4 Å². The maximum Gasteiger partial charge on any atom is 0.242 e. The Hall–Kier alpha value is -0.870. The molecule has 8 nitrogen and oxygen atoms in total. The average Bonchev–Trinajstić information content (AvgIpc) is 2.67. The molecule has 0 aliphatic carbocycles. The maximum absolute atomic E-state index is 12.4. The van der Waals surface area contributed by atoms with Crippen LogP contribution in [0.1, 0.15) is 39.0 Å². The fourth-order valence-electron chi connectivity index (χ4n) is 3.06. The average molecular weight is 404 g/mol. The third-order valence-corrected chi connectivity index (χ3v) is 5.12. The van der Waals surface area contributed by atoms with Gasteiger partial charge in [0, 0.05) is 45.0 Å². The highest BCUT2D eigenvalue weighted by atomic mass is 32.2. The van der Waals surface area contributed by atoms with Crippen molar-refractivity contribution in [3.8, 4) is 0 Å². The zero-order valence-electron chi connectivity index (χ0n) is 16.6. The van der Waals surface area contributed by atoms with Crippen LogP contribution in [0, 0.1) is 0 Å². The molecular weight excluding hydrogens is 366 g/mol. The summed E-state index contributed by atoms with van der Waals surface area (Å²) in [4.78, 5) is 29.2. The monoisotopic (exact) mass is 403 g/mol. The van der Waals surface area contributed by atoms with Crippen LogP contribution in [0.2, 0.25) is 0 Å². The Labute approximate surface area is 167 Å². The highest BCUT2D eigenvalue weighted by molar-refractivity contribution is 7.93. The number of piperazine rings is 1. The molecule has 0 bridgehead atoms. The lowest BCUT2D eigenvalue weighted by Gasteiger charge is -2.34. The first-order chi connectivity index (χ1) is 13.1. The second-order valence-corrected chi connectivity index (χ2v) is 7.67. The molecule has 1 fully saturated rings. The third-order valence-electron chi connectivity index (χ3n) is 4.76. The van der Waals surface area contributed by atoms with Gasteiger partial charge in [-0.2, -0.15) is 0 Å². The summed E-state index contributed by atoms with van der Waals surface area (Å²) < 4.78 is 8.83. The van der Waals surface area contributed by atoms with E-state index in [9.17, 15) is 9.59 Å². The lowest BCUT2D eigenvalue weighted by molar-refractivity contribution is -0.130. The zero-order valence-corrected chi connectivity index (χ0v) is 17.4. The van der Waals surface area contributed by atoms with Gasteiger partial charge in [0.05, 0.1) is 6.54 Å². The van der Waals surface area contributed by atoms with Gasteiger partial charge in [-0.25, -0.2) is 0 Å². The van der Waals surface area contributed by atoms with Gasteiger partial charge in [-0.3, -0.25) is 19.4 Å². The number of nitrogens with one attached hydrogen (secondary N) is 2. The summed E-state index contributed by atoms with van der Waals surface area (Å²) >= 11 is 0.866. The molecule has 0 spiro atoms. The molecule has 158 valence electrons. The highest BCUT2D eigenvalue weighted by Crippen LogP contribution is 2.05. The Morgan fingerprint density at radius 1 is 1.15 bits per heavy atom. The van der Waals surface area contributed by atoms with Crippen molar-refractivity contribution in [2.75, 3.05) is 58.1 Å². The van der Waals surface area contributed by atoms with Gasteiger partial charge >= 0.3 is 0 Å². The summed E-state index contributed by atoms with van der Waals surface area (Å²) in [6.07, 6.45) is 4.25. The summed E-state index contributed by atoms with van der Waals surface area (Å²) in [5, 5.41) is 5.83. The highest BCUT2D eigenvalue weighted by Gasteiger charge is 2.23. The second-order valence-electron chi connectivity index (χ2n) is 7.00. The first-order valence-corrected chi connectivity index (χ1v) is 11.0. The fraction of sp³-hybridized carbons (Fsp3) is 0.889. The van der Waals surface area contributed by atoms with Crippen LogP contribution >= 0.6 is 12.0 Å². The summed E-state index contributed by atoms with van der Waals surface area (Å²) in [5.41, 5.74) is 5.54. The number of unbranched alkanes of at least 4 members (excludes halogenated alkanes) is 2. The SMILES string of the molecule is CCCCNC(=O)C(CCCCN)NC(=O)CN1CCN(CCSO)CC1. The molecule has 0 aromatic rings. The Kier molecular flexibility index (Phi) is 13.5. The van der Waals surface area contributed by atoms with E-state index in [1.54, 1.807) is 0 Å². The van der Waals surface area contributed by atoms with Crippen LogP contribution in [0.15, 0.2) is 0 Å². The number of carbonyl (C=O) groups excluding carboxylic acids is 2. The van der Waals surface area contributed by atoms with E-state index in [1.807, 2.05) is 0 Å². The van der Waals surface area contributed by atoms with E-state index < -0.39 is 6.04 Å². The molecule has 1 aliphatic heterocycles. The van der Waals surface area contributed by atoms with Crippen molar-refractivity contribution in [1.29, 1.82) is 0 Å². The van der Waals surface area contributed by atoms with Crippen LogP contribution < -0.4 is 16.4 Å². The van der Waals surface area contributed by atoms with Crippen molar-refractivity contribution in [3.05, 3.63) is 0 Å². The van der Waals surface area contributed by atoms with Crippen LogP contribution in [-0.4, -0.2) is 90.3 Å². The van der Waals surface area contributed by atoms with Crippen LogP contribution in [0.25, 0.3) is 0 Å². The van der Waals surface area contributed by atoms with E-state index in [2.05, 4.69) is 27.4 Å². The van der Waals surface area contributed by atoms with Gasteiger partial charge in [0.15, 0.2) is 0 Å². The van der Waals surface area contributed by atoms with Crippen molar-refractivity contribution >= 4 is 23.9 Å². The Morgan fingerprint density at radius 2 is 1.85 bits per heavy atom. The van der Waals surface area contributed by atoms with Gasteiger partial charge in [-0.1, -0.05) is 13.3 Å². The zero-order chi connectivity index (χ0) is 19.9. The minimum absolute atomic E-state index is 0.0971. The molecule has 5 N–H and O–H groups in total. The summed E-state index contributed by atoms with van der Waals surface area (Å²) in [6, 6.07) is -0.483. The Bertz CT molecular complexity index is 420. The van der Waals surface area contributed by atoms with Gasteiger partial charge in [-0.15, -0.1) is 0 Å². The molecule has 1 saturated heterocycles. The second kappa shape index (κ2) is 15.1. The molecular formula is C18H37N5O3S. The van der Waals surface area contributed by atoms with Crippen LogP contribution in [0.4, 0.5) is 0 Å². The lowest BCUT2D eigenvalue weighted by Crippen LogP contribution is -2.53. The third kappa shape index (κ3) is 10.9. The van der Waals surface area contributed by atoms with Gasteiger partial charge < -0.3 is 20.9 Å². The number of nitrogens with two attached hydrogens (primary N) is 1. The number of carbonyl (C=O) groups is 2. The number of rotatable bonds is 14. The summed E-state index contributed by atoms with van der Waals surface area (Å²) in [6.45, 7) is 7.93. The molecule has 1 unspecified atom stereocenters. The van der Waals surface area contributed by atoms with E-state index in [4.69, 9.17) is 10.3 Å². The number of hydrogen-bond acceptors (Lipinski definition) is 7. The molecule has 1 aliphatic rings. The molecule has 0 radical (unpaired) electrons. The molecule has 2 amide bonds. The smallest absolute Gasteiger partial charge is 0.242 e. The predicted molar refractivity (Wildman–Crippen MR) is 111 cm³/mol. The number of nitrogens with zero attached hydrogens (tertiary/aromatic N) is 2. The largest absolute Gasteiger partial charge is 0.354 e. The lowest BCUT2D eigenvalue weighted by atomic mass is 10.1. The molecule has 0 saturated carbocycles. The van der Waals surface area contributed by atoms with Crippen LogP contribution in [-0.2, 0) is 9.59 Å². The van der Waals surface area contributed by atoms with Crippen molar-refractivity contribution in [2.45, 2.75) is 45.1 Å². The van der Waals surface area contributed by atoms with Crippen molar-refractivity contribution in [3.63, 3.8) is 0 Å². The number of hydrogen-bond donors (Lipinski definition) is 4. The van der Waals surface area contributed by atoms with Gasteiger partial charge in [0.2, 0.25) is 11.8 Å². The minimum Gasteiger partial charge on any atom is -0.354 e. The summed E-state index contributed by atoms with van der Waals surface area (Å²) in [7, 11) is 0. The standard InChI is InChI=1S/C18H37N5O3S/c1-2-3-8-20-18(25)16(6-4-5-7-19)21-17(24)15-23-11-9-22(10-12-23)13-14-27-26/h16,26H,2-15,19H2,1H3,(H,20,25)(H,21,24). The van der Waals surface area contributed by atoms with Gasteiger partial charge in [0.1, 0.15) is 6.04 Å². The molecule has 1 heterocycles. The van der Waals surface area contributed by atoms with Crippen LogP contribution in [0.5, 0.6) is 0 Å². The predicted octanol–water partition coefficient (Wildman–Crippen LogP) is 0.340. The van der Waals surface area contributed by atoms with E-state index in [-0.39, 0.29) is 11.8 Å². The van der Waals surface area contributed by atoms with E-state index in [1.165, 1.54) is 0 Å². The van der Waals surface area contributed by atoms with Crippen molar-refractivity contribution in [1.82, 2.24) is 20.4 Å². The Balaban J connectivity index is 2.39. The molecule has 9 heteroatoms. The van der Waals surface area contributed by atoms with Crippen molar-refractivity contribution in [2.24, 2.45) is 5.73 Å². The first-order valence-electron chi connectivity index (χ1n) is 10.1. The molecule has 0 aromatic heterocycles. The molecule has 1 atom stereocenters. The van der Waals surface area contributed by atoms with Gasteiger partial charge in [-0.05, 0) is 44.3 Å². The van der Waals surface area contributed by atoms with Crippen molar-refractivity contribution < 1.29 is 14.1 Å². The number of amides is 2. The quantitative estimate of drug-likeness (QED) is 0.244. The summed E-state index contributed by atoms with van der Waals surface area (Å²) in [5.74, 6) is 0.510. The van der Waals surface area contributed by atoms with Gasteiger partial charge in [0.25, 0.3) is 0 Å². The molecule has 0 aromatic carbocycles. The maximum atomic E-state index is 12.4. The Morgan fingerprint density at radius 3 is 2.48 bits per heavy atom. The minimum atomic E-state index is -0.483. The van der Waals surface area contributed by atoms with E-state index in [0.29, 0.717) is 31.8 Å². The fourth-order valence-corrected chi connectivity index (χ4v) is 3.40.